The molecule has 0 unspecified atom stereocenters. The van der Waals surface area contributed by atoms with E-state index in [9.17, 15) is 0 Å². The molecule has 1 spiro atoms. The van der Waals surface area contributed by atoms with Crippen LogP contribution in [0.3, 0.4) is 0 Å². The van der Waals surface area contributed by atoms with Crippen molar-refractivity contribution < 1.29 is 0 Å². The maximum absolute atomic E-state index is 2.56. The van der Waals surface area contributed by atoms with Crippen molar-refractivity contribution in [2.45, 2.75) is 5.41 Å². The van der Waals surface area contributed by atoms with Crippen LogP contribution in [0.25, 0.3) is 132 Å². The van der Waals surface area contributed by atoms with Crippen LogP contribution in [0, 0.1) is 0 Å². The van der Waals surface area contributed by atoms with Crippen LogP contribution in [0.5, 0.6) is 0 Å². The van der Waals surface area contributed by atoms with Crippen molar-refractivity contribution in [2.75, 3.05) is 0 Å². The van der Waals surface area contributed by atoms with Gasteiger partial charge in [-0.15, -0.1) is 0 Å². The number of benzene rings is 13. The molecule has 2 aliphatic carbocycles. The zero-order valence-corrected chi connectivity index (χ0v) is 40.8. The van der Waals surface area contributed by atoms with Gasteiger partial charge in [0.05, 0.1) is 27.5 Å². The van der Waals surface area contributed by atoms with Crippen molar-refractivity contribution >= 4 is 75.9 Å². The smallest absolute Gasteiger partial charge is 0.0725 e. The maximum Gasteiger partial charge on any atom is 0.0725 e. The highest BCUT2D eigenvalue weighted by Gasteiger charge is 2.51. The van der Waals surface area contributed by atoms with Crippen LogP contribution in [-0.2, 0) is 5.41 Å². The summed E-state index contributed by atoms with van der Waals surface area (Å²) in [6.45, 7) is 0. The van der Waals surface area contributed by atoms with Crippen molar-refractivity contribution in [3.8, 4) is 55.9 Å². The van der Waals surface area contributed by atoms with Gasteiger partial charge in [-0.05, 0) is 178 Å². The van der Waals surface area contributed by atoms with Crippen molar-refractivity contribution in [1.29, 1.82) is 0 Å². The van der Waals surface area contributed by atoms with Crippen LogP contribution in [-0.4, -0.2) is 9.13 Å². The summed E-state index contributed by atoms with van der Waals surface area (Å²) in [5.74, 6) is 0. The van der Waals surface area contributed by atoms with Crippen molar-refractivity contribution in [1.82, 2.24) is 9.13 Å². The predicted molar refractivity (Wildman–Crippen MR) is 315 cm³/mol. The van der Waals surface area contributed by atoms with E-state index < -0.39 is 5.41 Å². The van der Waals surface area contributed by atoms with E-state index in [1.54, 1.807) is 0 Å². The van der Waals surface area contributed by atoms with Gasteiger partial charge in [-0.25, -0.2) is 0 Å². The van der Waals surface area contributed by atoms with E-state index in [2.05, 4.69) is 276 Å². The first-order valence-electron chi connectivity index (χ1n) is 26.2. The minimum absolute atomic E-state index is 0.464. The van der Waals surface area contributed by atoms with Crippen LogP contribution in [0.2, 0.25) is 0 Å². The molecule has 0 fully saturated rings. The maximum atomic E-state index is 2.56. The Labute approximate surface area is 433 Å². The lowest BCUT2D eigenvalue weighted by molar-refractivity contribution is 0.795. The summed E-state index contributed by atoms with van der Waals surface area (Å²) in [6.07, 6.45) is 0. The number of nitrogens with zero attached hydrogens (tertiary/aromatic N) is 2. The SMILES string of the molecule is c1ccc(-n2c3ccccc3c3cc(-c4ccc5c(c4)c4ccccc4n5-c4cccc(-c5ccc6c(c5)-c5cc7c8ccccc8c8ccccc8c7cc5C65c6ccccc6-c6ccccc65)c4)ccc32)cc1. The average Bonchev–Trinajstić information content (AvgIpc) is 4.23. The normalized spacial score (nSPS) is 13.2. The Bertz CT molecular complexity index is 4900. The monoisotopic (exact) mass is 948 g/mol. The lowest BCUT2D eigenvalue weighted by Gasteiger charge is -2.31. The molecule has 0 atom stereocenters. The molecular formula is C73H44N2. The molecule has 0 amide bonds. The van der Waals surface area contributed by atoms with E-state index >= 15 is 0 Å². The summed E-state index contributed by atoms with van der Waals surface area (Å²) in [5, 5.41) is 12.8. The highest BCUT2D eigenvalue weighted by Crippen LogP contribution is 2.64. The van der Waals surface area contributed by atoms with Gasteiger partial charge in [-0.3, -0.25) is 0 Å². The van der Waals surface area contributed by atoms with E-state index in [4.69, 9.17) is 0 Å². The summed E-state index contributed by atoms with van der Waals surface area (Å²) in [5.41, 5.74) is 22.1. The zero-order chi connectivity index (χ0) is 48.9. The third-order valence-electron chi connectivity index (χ3n) is 17.1. The summed E-state index contributed by atoms with van der Waals surface area (Å²) in [7, 11) is 0. The topological polar surface area (TPSA) is 9.86 Å². The first-order chi connectivity index (χ1) is 37.2. The third-order valence-corrected chi connectivity index (χ3v) is 17.1. The quantitative estimate of drug-likeness (QED) is 0.156. The molecule has 17 rings (SSSR count). The highest BCUT2D eigenvalue weighted by molar-refractivity contribution is 6.26. The summed E-state index contributed by atoms with van der Waals surface area (Å²) >= 11 is 0. The summed E-state index contributed by atoms with van der Waals surface area (Å²) in [6, 6.07) is 100. The van der Waals surface area contributed by atoms with Gasteiger partial charge in [-0.2, -0.15) is 0 Å². The molecule has 0 aliphatic heterocycles. The Morgan fingerprint density at radius 2 is 0.613 bits per heavy atom. The second-order valence-electron chi connectivity index (χ2n) is 20.7. The van der Waals surface area contributed by atoms with Gasteiger partial charge in [0.25, 0.3) is 0 Å². The molecule has 0 N–H and O–H groups in total. The highest BCUT2D eigenvalue weighted by atomic mass is 15.0. The van der Waals surface area contributed by atoms with Gasteiger partial charge in [-0.1, -0.05) is 188 Å². The lowest BCUT2D eigenvalue weighted by atomic mass is 9.70. The van der Waals surface area contributed by atoms with Crippen molar-refractivity contribution in [2.24, 2.45) is 0 Å². The molecule has 2 heterocycles. The Balaban J connectivity index is 0.838. The van der Waals surface area contributed by atoms with Gasteiger partial charge >= 0.3 is 0 Å². The standard InChI is InChI=1S/C73H44N2/c1-2-18-49(19-3-1)74-69-31-14-10-27-57(69)63-41-47(34-37-71(63)74)48-35-38-72-64(42-48)58-28-11-15-32-70(58)75(72)50-20-16-17-45(39-50)46-33-36-67-61(40-46)62-43-59-53-23-6-4-21-51(53)52-22-5-7-24-54(52)60(59)44-68(62)73(67)65-29-12-8-25-55(65)56-26-9-13-30-66(56)73/h1-44H. The van der Waals surface area contributed by atoms with Crippen LogP contribution in [0.1, 0.15) is 22.3 Å². The molecule has 15 aromatic rings. The Kier molecular flexibility index (Phi) is 8.24. The van der Waals surface area contributed by atoms with Gasteiger partial charge in [0, 0.05) is 32.9 Å². The molecule has 346 valence electrons. The first kappa shape index (κ1) is 40.8. The van der Waals surface area contributed by atoms with E-state index in [-0.39, 0.29) is 0 Å². The van der Waals surface area contributed by atoms with Crippen LogP contribution in [0.4, 0.5) is 0 Å². The third kappa shape index (κ3) is 5.47. The lowest BCUT2D eigenvalue weighted by Crippen LogP contribution is -2.25. The van der Waals surface area contributed by atoms with E-state index in [0.29, 0.717) is 0 Å². The van der Waals surface area contributed by atoms with E-state index in [1.165, 1.54) is 148 Å². The van der Waals surface area contributed by atoms with Crippen LogP contribution in [0.15, 0.2) is 267 Å². The number of aromatic nitrogens is 2. The fourth-order valence-corrected chi connectivity index (χ4v) is 14.0. The summed E-state index contributed by atoms with van der Waals surface area (Å²) < 4.78 is 4.84. The van der Waals surface area contributed by atoms with Gasteiger partial charge in [0.1, 0.15) is 0 Å². The second kappa shape index (κ2) is 15.1. The molecule has 2 nitrogen and oxygen atoms in total. The zero-order valence-electron chi connectivity index (χ0n) is 40.8. The van der Waals surface area contributed by atoms with E-state index in [1.807, 2.05) is 0 Å². The number of fused-ring (bicyclic) bond motifs is 22. The van der Waals surface area contributed by atoms with Crippen LogP contribution >= 0.6 is 0 Å². The number of para-hydroxylation sites is 3. The molecule has 0 saturated carbocycles. The average molecular weight is 949 g/mol. The second-order valence-corrected chi connectivity index (χ2v) is 20.7. The molecule has 0 saturated heterocycles. The van der Waals surface area contributed by atoms with Gasteiger partial charge in [0.2, 0.25) is 0 Å². The molecule has 75 heavy (non-hydrogen) atoms. The number of rotatable bonds is 4. The largest absolute Gasteiger partial charge is 0.309 e. The minimum atomic E-state index is -0.464. The van der Waals surface area contributed by atoms with Gasteiger partial charge in [0.15, 0.2) is 0 Å². The Hall–Kier alpha value is -9.76. The molecule has 13 aromatic carbocycles. The molecule has 0 bridgehead atoms. The fraction of sp³-hybridized carbons (Fsp3) is 0.0137. The molecule has 2 heteroatoms. The molecule has 2 aliphatic rings. The van der Waals surface area contributed by atoms with Crippen molar-refractivity contribution in [3.05, 3.63) is 289 Å². The molecule has 0 radical (unpaired) electrons. The molecular weight excluding hydrogens is 905 g/mol. The predicted octanol–water partition coefficient (Wildman–Crippen LogP) is 19.0. The van der Waals surface area contributed by atoms with E-state index in [0.717, 1.165) is 5.69 Å². The van der Waals surface area contributed by atoms with Gasteiger partial charge < -0.3 is 9.13 Å². The Morgan fingerprint density at radius 1 is 0.200 bits per heavy atom. The summed E-state index contributed by atoms with van der Waals surface area (Å²) in [4.78, 5) is 0. The number of hydrogen-bond donors (Lipinski definition) is 0. The number of hydrogen-bond acceptors (Lipinski definition) is 0. The van der Waals surface area contributed by atoms with Crippen LogP contribution < -0.4 is 0 Å². The molecule has 2 aromatic heterocycles. The Morgan fingerprint density at radius 3 is 1.23 bits per heavy atom. The fourth-order valence-electron chi connectivity index (χ4n) is 14.0. The first-order valence-corrected chi connectivity index (χ1v) is 26.2. The minimum Gasteiger partial charge on any atom is -0.309 e. The van der Waals surface area contributed by atoms with Crippen molar-refractivity contribution in [3.63, 3.8) is 0 Å².